The van der Waals surface area contributed by atoms with Crippen molar-refractivity contribution < 1.29 is 28.9 Å². The molecular weight excluding hydrogens is 456 g/mol. The molecule has 0 saturated heterocycles. The summed E-state index contributed by atoms with van der Waals surface area (Å²) < 4.78 is 16.2. The van der Waals surface area contributed by atoms with Crippen molar-refractivity contribution in [3.8, 4) is 5.75 Å². The lowest BCUT2D eigenvalue weighted by Crippen LogP contribution is -2.53. The van der Waals surface area contributed by atoms with Crippen LogP contribution >= 0.6 is 0 Å². The highest BCUT2D eigenvalue weighted by molar-refractivity contribution is 6.02. The summed E-state index contributed by atoms with van der Waals surface area (Å²) in [6.07, 6.45) is -1.44. The van der Waals surface area contributed by atoms with Crippen molar-refractivity contribution in [2.75, 3.05) is 20.3 Å². The quantitative estimate of drug-likeness (QED) is 0.367. The highest BCUT2D eigenvalue weighted by Crippen LogP contribution is 2.62. The molecule has 0 radical (unpaired) electrons. The van der Waals surface area contributed by atoms with Crippen LogP contribution in [0, 0.1) is 5.41 Å². The minimum atomic E-state index is -1.91. The molecule has 1 aliphatic carbocycles. The maximum Gasteiger partial charge on any atom is 0.326 e. The zero-order valence-electron chi connectivity index (χ0n) is 20.8. The first kappa shape index (κ1) is 25.5. The molecule has 0 aromatic heterocycles. The van der Waals surface area contributed by atoms with Gasteiger partial charge in [0.25, 0.3) is 0 Å². The largest absolute Gasteiger partial charge is 0.497 e. The highest BCUT2D eigenvalue weighted by atomic mass is 16.6. The Kier molecular flexibility index (Phi) is 7.45. The van der Waals surface area contributed by atoms with Crippen molar-refractivity contribution in [3.63, 3.8) is 0 Å². The molecule has 0 amide bonds. The van der Waals surface area contributed by atoms with E-state index in [0.29, 0.717) is 5.75 Å². The van der Waals surface area contributed by atoms with E-state index in [-0.39, 0.29) is 19.6 Å². The van der Waals surface area contributed by atoms with E-state index in [4.69, 9.17) is 14.2 Å². The van der Waals surface area contributed by atoms with Gasteiger partial charge < -0.3 is 19.3 Å². The fourth-order valence-corrected chi connectivity index (χ4v) is 5.70. The Balaban J connectivity index is 2.07. The van der Waals surface area contributed by atoms with Crippen LogP contribution in [0.1, 0.15) is 42.9 Å². The average molecular weight is 489 g/mol. The molecule has 4 rings (SSSR count). The van der Waals surface area contributed by atoms with Crippen LogP contribution in [-0.4, -0.2) is 43.5 Å². The molecule has 2 atom stereocenters. The van der Waals surface area contributed by atoms with Gasteiger partial charge in [-0.05, 0) is 49.1 Å². The highest BCUT2D eigenvalue weighted by Gasteiger charge is 2.71. The first-order valence-corrected chi connectivity index (χ1v) is 12.2. The van der Waals surface area contributed by atoms with Gasteiger partial charge in [-0.3, -0.25) is 9.59 Å². The van der Waals surface area contributed by atoms with E-state index in [1.807, 2.05) is 84.9 Å². The van der Waals surface area contributed by atoms with Gasteiger partial charge in [-0.2, -0.15) is 0 Å². The molecule has 0 spiro atoms. The summed E-state index contributed by atoms with van der Waals surface area (Å²) in [7, 11) is 1.60. The Morgan fingerprint density at radius 3 is 1.69 bits per heavy atom. The number of aliphatic hydroxyl groups is 1. The standard InChI is InChI=1S/C30H32O6/c1-4-35-27(32)29(28(33)36-5-2)20-25(21-16-18-24(34-3)19-17-21)30(26(29)31,22-12-8-6-9-13-22)23-14-10-7-11-15-23/h6-19,25-26,31H,4-5,20H2,1-3H3/t25-,26+/m0/s1. The summed E-state index contributed by atoms with van der Waals surface area (Å²) in [6, 6.07) is 26.6. The second-order valence-corrected chi connectivity index (χ2v) is 8.95. The summed E-state index contributed by atoms with van der Waals surface area (Å²) in [6.45, 7) is 3.51. The topological polar surface area (TPSA) is 82.1 Å². The summed E-state index contributed by atoms with van der Waals surface area (Å²) in [5, 5.41) is 12.4. The van der Waals surface area contributed by atoms with Crippen LogP contribution in [0.15, 0.2) is 84.9 Å². The molecule has 1 aliphatic rings. The predicted molar refractivity (Wildman–Crippen MR) is 136 cm³/mol. The molecule has 1 fully saturated rings. The van der Waals surface area contributed by atoms with Crippen molar-refractivity contribution in [2.45, 2.75) is 37.7 Å². The molecule has 0 bridgehead atoms. The lowest BCUT2D eigenvalue weighted by Gasteiger charge is -2.41. The number of esters is 2. The molecule has 1 saturated carbocycles. The molecule has 6 nitrogen and oxygen atoms in total. The average Bonchev–Trinajstić information content (AvgIpc) is 3.20. The fourth-order valence-electron chi connectivity index (χ4n) is 5.70. The summed E-state index contributed by atoms with van der Waals surface area (Å²) in [4.78, 5) is 27.2. The third kappa shape index (κ3) is 3.95. The number of aliphatic hydroxyl groups excluding tert-OH is 1. The van der Waals surface area contributed by atoms with Gasteiger partial charge in [0.15, 0.2) is 5.41 Å². The second-order valence-electron chi connectivity index (χ2n) is 8.95. The monoisotopic (exact) mass is 488 g/mol. The molecule has 0 unspecified atom stereocenters. The van der Waals surface area contributed by atoms with Crippen molar-refractivity contribution in [1.82, 2.24) is 0 Å². The van der Waals surface area contributed by atoms with E-state index >= 15 is 0 Å². The second kappa shape index (κ2) is 10.5. The summed E-state index contributed by atoms with van der Waals surface area (Å²) >= 11 is 0. The van der Waals surface area contributed by atoms with Crippen LogP contribution in [-0.2, 0) is 24.5 Å². The maximum absolute atomic E-state index is 13.6. The lowest BCUT2D eigenvalue weighted by atomic mass is 9.63. The van der Waals surface area contributed by atoms with Crippen LogP contribution in [0.2, 0.25) is 0 Å². The third-order valence-electron chi connectivity index (χ3n) is 7.27. The number of carbonyl (C=O) groups excluding carboxylic acids is 2. The Morgan fingerprint density at radius 2 is 1.28 bits per heavy atom. The van der Waals surface area contributed by atoms with Crippen molar-refractivity contribution in [2.24, 2.45) is 5.41 Å². The first-order valence-electron chi connectivity index (χ1n) is 12.2. The Labute approximate surface area is 211 Å². The van der Waals surface area contributed by atoms with Crippen molar-refractivity contribution in [1.29, 1.82) is 0 Å². The van der Waals surface area contributed by atoms with Crippen LogP contribution < -0.4 is 4.74 Å². The van der Waals surface area contributed by atoms with Gasteiger partial charge in [-0.1, -0.05) is 72.8 Å². The van der Waals surface area contributed by atoms with E-state index in [9.17, 15) is 14.7 Å². The summed E-state index contributed by atoms with van der Waals surface area (Å²) in [5.74, 6) is -1.33. The van der Waals surface area contributed by atoms with Gasteiger partial charge >= 0.3 is 11.9 Å². The number of hydrogen-bond donors (Lipinski definition) is 1. The molecule has 0 heterocycles. The van der Waals surface area contributed by atoms with Crippen LogP contribution in [0.4, 0.5) is 0 Å². The van der Waals surface area contributed by atoms with Gasteiger partial charge in [0.1, 0.15) is 5.75 Å². The normalized spacial score (nSPS) is 19.9. The minimum Gasteiger partial charge on any atom is -0.497 e. The Bertz CT molecular complexity index is 1120. The number of benzene rings is 3. The third-order valence-corrected chi connectivity index (χ3v) is 7.27. The minimum absolute atomic E-state index is 0.0158. The predicted octanol–water partition coefficient (Wildman–Crippen LogP) is 4.64. The van der Waals surface area contributed by atoms with Gasteiger partial charge in [0.05, 0.1) is 31.8 Å². The number of carbonyl (C=O) groups is 2. The molecule has 6 heteroatoms. The molecule has 3 aromatic rings. The smallest absolute Gasteiger partial charge is 0.326 e. The van der Waals surface area contributed by atoms with E-state index in [1.165, 1.54) is 0 Å². The fraction of sp³-hybridized carbons (Fsp3) is 0.333. The molecule has 188 valence electrons. The SMILES string of the molecule is CCOC(=O)C1(C(=O)OCC)C[C@@H](c2ccc(OC)cc2)C(c2ccccc2)(c2ccccc2)[C@@H]1O. The van der Waals surface area contributed by atoms with E-state index in [1.54, 1.807) is 21.0 Å². The molecule has 0 aliphatic heterocycles. The Morgan fingerprint density at radius 1 is 0.806 bits per heavy atom. The van der Waals surface area contributed by atoms with E-state index < -0.39 is 34.8 Å². The molecule has 1 N–H and O–H groups in total. The molecular formula is C30H32O6. The number of rotatable bonds is 8. The van der Waals surface area contributed by atoms with Crippen LogP contribution in [0.3, 0.4) is 0 Å². The van der Waals surface area contributed by atoms with Gasteiger partial charge in [0, 0.05) is 5.92 Å². The molecule has 36 heavy (non-hydrogen) atoms. The van der Waals surface area contributed by atoms with Gasteiger partial charge in [-0.25, -0.2) is 0 Å². The number of ether oxygens (including phenoxy) is 3. The van der Waals surface area contributed by atoms with Gasteiger partial charge in [0.2, 0.25) is 0 Å². The zero-order chi connectivity index (χ0) is 25.8. The van der Waals surface area contributed by atoms with E-state index in [0.717, 1.165) is 16.7 Å². The van der Waals surface area contributed by atoms with Gasteiger partial charge in [-0.15, -0.1) is 0 Å². The zero-order valence-corrected chi connectivity index (χ0v) is 20.8. The maximum atomic E-state index is 13.6. The van der Waals surface area contributed by atoms with E-state index in [2.05, 4.69) is 0 Å². The van der Waals surface area contributed by atoms with Crippen molar-refractivity contribution >= 4 is 11.9 Å². The molecule has 3 aromatic carbocycles. The lowest BCUT2D eigenvalue weighted by molar-refractivity contribution is -0.180. The van der Waals surface area contributed by atoms with Crippen molar-refractivity contribution in [3.05, 3.63) is 102 Å². The Hall–Kier alpha value is -3.64. The summed E-state index contributed by atoms with van der Waals surface area (Å²) in [5.41, 5.74) is -0.614. The first-order chi connectivity index (χ1) is 17.5. The van der Waals surface area contributed by atoms with Crippen LogP contribution in [0.25, 0.3) is 0 Å². The number of hydrogen-bond acceptors (Lipinski definition) is 6. The number of methoxy groups -OCH3 is 1. The van der Waals surface area contributed by atoms with Crippen LogP contribution in [0.5, 0.6) is 5.75 Å².